The van der Waals surface area contributed by atoms with E-state index >= 15 is 0 Å². The van der Waals surface area contributed by atoms with E-state index in [4.69, 9.17) is 4.74 Å². The molecule has 1 aromatic rings. The van der Waals surface area contributed by atoms with Crippen molar-refractivity contribution >= 4 is 12.1 Å². The molecule has 0 aliphatic heterocycles. The van der Waals surface area contributed by atoms with Gasteiger partial charge in [0.1, 0.15) is 12.0 Å². The highest BCUT2D eigenvalue weighted by Gasteiger charge is 2.08. The number of ether oxygens (including phenoxy) is 1. The van der Waals surface area contributed by atoms with Crippen molar-refractivity contribution < 1.29 is 14.3 Å². The highest BCUT2D eigenvalue weighted by atomic mass is 16.5. The first-order valence-corrected chi connectivity index (χ1v) is 4.42. The Hall–Kier alpha value is -1.64. The van der Waals surface area contributed by atoms with Crippen molar-refractivity contribution in [3.8, 4) is 5.75 Å². The average molecular weight is 192 g/mol. The molecule has 3 heteroatoms. The zero-order chi connectivity index (χ0) is 10.6. The number of Topliss-reactive ketones (excluding diaryl/α,β-unsaturated/α-hetero) is 1. The molecular formula is C11H12O3. The largest absolute Gasteiger partial charge is 0.493 e. The van der Waals surface area contributed by atoms with Crippen LogP contribution in [0.1, 0.15) is 34.6 Å². The van der Waals surface area contributed by atoms with Crippen LogP contribution in [0.3, 0.4) is 0 Å². The summed E-state index contributed by atoms with van der Waals surface area (Å²) < 4.78 is 5.26. The molecule has 0 saturated heterocycles. The van der Waals surface area contributed by atoms with Gasteiger partial charge in [0.15, 0.2) is 5.78 Å². The molecule has 0 saturated carbocycles. The highest BCUT2D eigenvalue weighted by molar-refractivity contribution is 5.98. The van der Waals surface area contributed by atoms with E-state index in [0.29, 0.717) is 29.8 Å². The summed E-state index contributed by atoms with van der Waals surface area (Å²) in [5.41, 5.74) is 0.940. The Morgan fingerprint density at radius 1 is 1.50 bits per heavy atom. The van der Waals surface area contributed by atoms with Gasteiger partial charge in [0.05, 0.1) is 12.2 Å². The fourth-order valence-corrected chi connectivity index (χ4v) is 1.18. The third kappa shape index (κ3) is 2.19. The third-order valence-corrected chi connectivity index (χ3v) is 1.82. The molecule has 0 aromatic heterocycles. The predicted molar refractivity (Wildman–Crippen MR) is 53.0 cm³/mol. The Bertz CT molecular complexity index is 356. The molecule has 3 nitrogen and oxygen atoms in total. The van der Waals surface area contributed by atoms with Gasteiger partial charge in [-0.05, 0) is 32.0 Å². The summed E-state index contributed by atoms with van der Waals surface area (Å²) in [5.74, 6) is 0.433. The standard InChI is InChI=1S/C11H12O3/c1-3-14-11-5-4-9(7-12)6-10(11)8(2)13/h4-7H,3H2,1-2H3. The van der Waals surface area contributed by atoms with E-state index in [1.807, 2.05) is 6.92 Å². The molecule has 0 heterocycles. The minimum absolute atomic E-state index is 0.0999. The molecule has 74 valence electrons. The molecule has 0 radical (unpaired) electrons. The minimum atomic E-state index is -0.0999. The van der Waals surface area contributed by atoms with E-state index in [2.05, 4.69) is 0 Å². The lowest BCUT2D eigenvalue weighted by atomic mass is 10.1. The lowest BCUT2D eigenvalue weighted by Gasteiger charge is -2.07. The molecule has 0 unspecified atom stereocenters. The van der Waals surface area contributed by atoms with Crippen LogP contribution in [0.5, 0.6) is 5.75 Å². The summed E-state index contributed by atoms with van der Waals surface area (Å²) in [6.07, 6.45) is 0.710. The lowest BCUT2D eigenvalue weighted by Crippen LogP contribution is -2.01. The summed E-state index contributed by atoms with van der Waals surface area (Å²) in [6.45, 7) is 3.80. The highest BCUT2D eigenvalue weighted by Crippen LogP contribution is 2.20. The van der Waals surface area contributed by atoms with Crippen molar-refractivity contribution in [1.82, 2.24) is 0 Å². The van der Waals surface area contributed by atoms with Gasteiger partial charge in [0, 0.05) is 5.56 Å². The number of ketones is 1. The second-order valence-corrected chi connectivity index (χ2v) is 2.86. The first kappa shape index (κ1) is 10.4. The van der Waals surface area contributed by atoms with Crippen LogP contribution >= 0.6 is 0 Å². The molecule has 0 bridgehead atoms. The lowest BCUT2D eigenvalue weighted by molar-refractivity contribution is 0.101. The van der Waals surface area contributed by atoms with Crippen molar-refractivity contribution in [3.05, 3.63) is 29.3 Å². The Morgan fingerprint density at radius 2 is 2.21 bits per heavy atom. The topological polar surface area (TPSA) is 43.4 Å². The maximum Gasteiger partial charge on any atom is 0.163 e. The number of carbonyl (C=O) groups excluding carboxylic acids is 2. The second kappa shape index (κ2) is 4.56. The first-order valence-electron chi connectivity index (χ1n) is 4.42. The first-order chi connectivity index (χ1) is 6.69. The van der Waals surface area contributed by atoms with Gasteiger partial charge in [-0.25, -0.2) is 0 Å². The maximum atomic E-state index is 11.2. The molecule has 0 N–H and O–H groups in total. The number of aldehydes is 1. The third-order valence-electron chi connectivity index (χ3n) is 1.82. The molecule has 0 spiro atoms. The van der Waals surface area contributed by atoms with E-state index in [1.165, 1.54) is 6.92 Å². The van der Waals surface area contributed by atoms with Crippen LogP contribution in [0.25, 0.3) is 0 Å². The molecule has 0 aliphatic rings. The number of rotatable bonds is 4. The van der Waals surface area contributed by atoms with Gasteiger partial charge in [0.25, 0.3) is 0 Å². The van der Waals surface area contributed by atoms with Gasteiger partial charge in [-0.2, -0.15) is 0 Å². The van der Waals surface area contributed by atoms with Crippen molar-refractivity contribution in [2.24, 2.45) is 0 Å². The second-order valence-electron chi connectivity index (χ2n) is 2.86. The smallest absolute Gasteiger partial charge is 0.163 e. The van der Waals surface area contributed by atoms with E-state index in [0.717, 1.165) is 0 Å². The summed E-state index contributed by atoms with van der Waals surface area (Å²) in [5, 5.41) is 0. The van der Waals surface area contributed by atoms with Crippen LogP contribution in [0.4, 0.5) is 0 Å². The molecule has 0 amide bonds. The summed E-state index contributed by atoms with van der Waals surface area (Å²) in [6, 6.07) is 4.81. The van der Waals surface area contributed by atoms with Crippen LogP contribution in [0.2, 0.25) is 0 Å². The van der Waals surface area contributed by atoms with Gasteiger partial charge in [-0.3, -0.25) is 9.59 Å². The predicted octanol–water partition coefficient (Wildman–Crippen LogP) is 2.10. The Balaban J connectivity index is 3.16. The quantitative estimate of drug-likeness (QED) is 0.542. The number of carbonyl (C=O) groups is 2. The molecule has 14 heavy (non-hydrogen) atoms. The maximum absolute atomic E-state index is 11.2. The minimum Gasteiger partial charge on any atom is -0.493 e. The molecule has 0 atom stereocenters. The summed E-state index contributed by atoms with van der Waals surface area (Å²) in [7, 11) is 0. The monoisotopic (exact) mass is 192 g/mol. The van der Waals surface area contributed by atoms with E-state index in [-0.39, 0.29) is 5.78 Å². The van der Waals surface area contributed by atoms with Gasteiger partial charge in [-0.1, -0.05) is 0 Å². The fourth-order valence-electron chi connectivity index (χ4n) is 1.18. The summed E-state index contributed by atoms with van der Waals surface area (Å²) in [4.78, 5) is 21.7. The SMILES string of the molecule is CCOc1ccc(C=O)cc1C(C)=O. The Labute approximate surface area is 82.7 Å². The average Bonchev–Trinajstić information content (AvgIpc) is 2.18. The van der Waals surface area contributed by atoms with Crippen molar-refractivity contribution in [2.45, 2.75) is 13.8 Å². The number of hydrogen-bond donors (Lipinski definition) is 0. The molecule has 0 aliphatic carbocycles. The van der Waals surface area contributed by atoms with Gasteiger partial charge in [0.2, 0.25) is 0 Å². The van der Waals surface area contributed by atoms with Crippen molar-refractivity contribution in [3.63, 3.8) is 0 Å². The number of benzene rings is 1. The normalized spacial score (nSPS) is 9.57. The zero-order valence-corrected chi connectivity index (χ0v) is 8.24. The van der Waals surface area contributed by atoms with E-state index in [9.17, 15) is 9.59 Å². The Morgan fingerprint density at radius 3 is 2.71 bits per heavy atom. The molecule has 0 fully saturated rings. The van der Waals surface area contributed by atoms with Gasteiger partial charge < -0.3 is 4.74 Å². The van der Waals surface area contributed by atoms with Crippen molar-refractivity contribution in [2.75, 3.05) is 6.61 Å². The van der Waals surface area contributed by atoms with Crippen LogP contribution in [-0.4, -0.2) is 18.7 Å². The van der Waals surface area contributed by atoms with Gasteiger partial charge in [-0.15, -0.1) is 0 Å². The molecule has 1 aromatic carbocycles. The molecule has 1 rings (SSSR count). The van der Waals surface area contributed by atoms with Crippen LogP contribution < -0.4 is 4.74 Å². The Kier molecular flexibility index (Phi) is 3.40. The van der Waals surface area contributed by atoms with Crippen LogP contribution in [-0.2, 0) is 0 Å². The van der Waals surface area contributed by atoms with Gasteiger partial charge >= 0.3 is 0 Å². The van der Waals surface area contributed by atoms with Crippen LogP contribution in [0, 0.1) is 0 Å². The summed E-state index contributed by atoms with van der Waals surface area (Å²) >= 11 is 0. The van der Waals surface area contributed by atoms with Crippen molar-refractivity contribution in [1.29, 1.82) is 0 Å². The number of hydrogen-bond acceptors (Lipinski definition) is 3. The van der Waals surface area contributed by atoms with E-state index in [1.54, 1.807) is 18.2 Å². The molecular weight excluding hydrogens is 180 g/mol. The van der Waals surface area contributed by atoms with Crippen LogP contribution in [0.15, 0.2) is 18.2 Å². The fraction of sp³-hybridized carbons (Fsp3) is 0.273. The zero-order valence-electron chi connectivity index (χ0n) is 8.24. The van der Waals surface area contributed by atoms with E-state index < -0.39 is 0 Å².